The molecule has 0 aliphatic heterocycles. The minimum absolute atomic E-state index is 0.502. The fourth-order valence-electron chi connectivity index (χ4n) is 2.30. The van der Waals surface area contributed by atoms with Gasteiger partial charge in [-0.1, -0.05) is 6.07 Å². The number of benzene rings is 1. The summed E-state index contributed by atoms with van der Waals surface area (Å²) in [4.78, 5) is 8.65. The van der Waals surface area contributed by atoms with Crippen LogP contribution in [0.25, 0.3) is 22.5 Å². The fraction of sp³-hybridized carbons (Fsp3) is 0.333. The molecule has 0 atom stereocenters. The Labute approximate surface area is 121 Å². The summed E-state index contributed by atoms with van der Waals surface area (Å²) >= 11 is 0. The Morgan fingerprint density at radius 1 is 1.14 bits per heavy atom. The molecule has 6 nitrogen and oxygen atoms in total. The number of hydrogen-bond donors (Lipinski definition) is 1. The van der Waals surface area contributed by atoms with Crippen molar-refractivity contribution in [2.24, 2.45) is 0 Å². The van der Waals surface area contributed by atoms with E-state index in [1.54, 1.807) is 12.4 Å². The SMILES string of the molecule is c1cc(-c2nnc(CCNC3CC3)o2)c2nccnc2c1. The topological polar surface area (TPSA) is 76.7 Å². The molecule has 6 heteroatoms. The second-order valence-corrected chi connectivity index (χ2v) is 5.21. The third-order valence-electron chi connectivity index (χ3n) is 3.55. The first-order valence-corrected chi connectivity index (χ1v) is 7.16. The van der Waals surface area contributed by atoms with Crippen LogP contribution in [0.15, 0.2) is 35.0 Å². The van der Waals surface area contributed by atoms with Crippen molar-refractivity contribution >= 4 is 11.0 Å². The maximum Gasteiger partial charge on any atom is 0.249 e. The second kappa shape index (κ2) is 5.21. The molecule has 1 N–H and O–H groups in total. The van der Waals surface area contributed by atoms with Crippen LogP contribution in [-0.4, -0.2) is 32.8 Å². The summed E-state index contributed by atoms with van der Waals surface area (Å²) in [6.07, 6.45) is 6.66. The van der Waals surface area contributed by atoms with E-state index < -0.39 is 0 Å². The smallest absolute Gasteiger partial charge is 0.249 e. The number of fused-ring (bicyclic) bond motifs is 1. The zero-order valence-corrected chi connectivity index (χ0v) is 11.5. The molecule has 2 aromatic heterocycles. The lowest BCUT2D eigenvalue weighted by molar-refractivity contribution is 0.494. The standard InChI is InChI=1S/C15H15N5O/c1-2-11(14-12(3-1)17-8-9-18-14)15-20-19-13(21-15)6-7-16-10-4-5-10/h1-3,8-10,16H,4-7H2. The fourth-order valence-corrected chi connectivity index (χ4v) is 2.30. The Kier molecular flexibility index (Phi) is 3.08. The number of aromatic nitrogens is 4. The van der Waals surface area contributed by atoms with Crippen LogP contribution in [0.4, 0.5) is 0 Å². The normalized spacial score (nSPS) is 14.7. The molecule has 21 heavy (non-hydrogen) atoms. The minimum atomic E-state index is 0.502. The maximum absolute atomic E-state index is 5.75. The zero-order valence-electron chi connectivity index (χ0n) is 11.5. The molecule has 106 valence electrons. The summed E-state index contributed by atoms with van der Waals surface area (Å²) in [7, 11) is 0. The van der Waals surface area contributed by atoms with Crippen LogP contribution in [0, 0.1) is 0 Å². The first kappa shape index (κ1) is 12.4. The summed E-state index contributed by atoms with van der Waals surface area (Å²) < 4.78 is 5.75. The molecule has 0 unspecified atom stereocenters. The van der Waals surface area contributed by atoms with E-state index in [-0.39, 0.29) is 0 Å². The Morgan fingerprint density at radius 3 is 2.95 bits per heavy atom. The third kappa shape index (κ3) is 2.62. The summed E-state index contributed by atoms with van der Waals surface area (Å²) in [5, 5.41) is 11.7. The molecule has 3 aromatic rings. The number of rotatable bonds is 5. The maximum atomic E-state index is 5.75. The molecular formula is C15H15N5O. The number of nitrogens with one attached hydrogen (secondary N) is 1. The van der Waals surface area contributed by atoms with E-state index in [2.05, 4.69) is 25.5 Å². The molecular weight excluding hydrogens is 266 g/mol. The van der Waals surface area contributed by atoms with Gasteiger partial charge in [-0.15, -0.1) is 10.2 Å². The highest BCUT2D eigenvalue weighted by atomic mass is 16.4. The number of hydrogen-bond acceptors (Lipinski definition) is 6. The van der Waals surface area contributed by atoms with Crippen LogP contribution in [0.5, 0.6) is 0 Å². The highest BCUT2D eigenvalue weighted by molar-refractivity contribution is 5.88. The van der Waals surface area contributed by atoms with Gasteiger partial charge < -0.3 is 9.73 Å². The van der Waals surface area contributed by atoms with Gasteiger partial charge in [-0.05, 0) is 25.0 Å². The van der Waals surface area contributed by atoms with Gasteiger partial charge >= 0.3 is 0 Å². The third-order valence-corrected chi connectivity index (χ3v) is 3.55. The van der Waals surface area contributed by atoms with Gasteiger partial charge in [-0.25, -0.2) is 0 Å². The quantitative estimate of drug-likeness (QED) is 0.770. The molecule has 1 saturated carbocycles. The van der Waals surface area contributed by atoms with Crippen LogP contribution < -0.4 is 5.32 Å². The largest absolute Gasteiger partial charge is 0.421 e. The van der Waals surface area contributed by atoms with Crippen LogP contribution in [0.3, 0.4) is 0 Å². The van der Waals surface area contributed by atoms with Crippen molar-refractivity contribution < 1.29 is 4.42 Å². The summed E-state index contributed by atoms with van der Waals surface area (Å²) in [6.45, 7) is 0.877. The second-order valence-electron chi connectivity index (χ2n) is 5.21. The van der Waals surface area contributed by atoms with E-state index in [1.165, 1.54) is 12.8 Å². The van der Waals surface area contributed by atoms with E-state index >= 15 is 0 Å². The Bertz CT molecular complexity index is 760. The Morgan fingerprint density at radius 2 is 2.05 bits per heavy atom. The molecule has 0 bridgehead atoms. The van der Waals surface area contributed by atoms with Crippen LogP contribution in [-0.2, 0) is 6.42 Å². The van der Waals surface area contributed by atoms with Gasteiger partial charge in [-0.2, -0.15) is 0 Å². The lowest BCUT2D eigenvalue weighted by Crippen LogP contribution is -2.19. The monoisotopic (exact) mass is 281 g/mol. The summed E-state index contributed by atoms with van der Waals surface area (Å²) in [5.74, 6) is 1.15. The van der Waals surface area contributed by atoms with Gasteiger partial charge in [0.05, 0.1) is 11.1 Å². The highest BCUT2D eigenvalue weighted by Crippen LogP contribution is 2.25. The van der Waals surface area contributed by atoms with E-state index in [0.29, 0.717) is 17.8 Å². The molecule has 0 radical (unpaired) electrons. The first-order valence-electron chi connectivity index (χ1n) is 7.16. The van der Waals surface area contributed by atoms with Gasteiger partial charge in [0.2, 0.25) is 11.8 Å². The molecule has 4 rings (SSSR count). The number of nitrogens with zero attached hydrogens (tertiary/aromatic N) is 4. The van der Waals surface area contributed by atoms with Gasteiger partial charge in [0.15, 0.2) is 0 Å². The van der Waals surface area contributed by atoms with Crippen molar-refractivity contribution in [2.75, 3.05) is 6.54 Å². The van der Waals surface area contributed by atoms with E-state index in [0.717, 1.165) is 29.6 Å². The minimum Gasteiger partial charge on any atom is -0.421 e. The molecule has 1 aliphatic carbocycles. The van der Waals surface area contributed by atoms with Crippen molar-refractivity contribution in [3.05, 3.63) is 36.5 Å². The van der Waals surface area contributed by atoms with Crippen molar-refractivity contribution in [1.82, 2.24) is 25.5 Å². The van der Waals surface area contributed by atoms with Crippen molar-refractivity contribution in [3.63, 3.8) is 0 Å². The van der Waals surface area contributed by atoms with Crippen LogP contribution in [0.2, 0.25) is 0 Å². The molecule has 0 spiro atoms. The van der Waals surface area contributed by atoms with E-state index in [4.69, 9.17) is 4.42 Å². The van der Waals surface area contributed by atoms with Crippen LogP contribution >= 0.6 is 0 Å². The van der Waals surface area contributed by atoms with Crippen LogP contribution in [0.1, 0.15) is 18.7 Å². The number of para-hydroxylation sites is 1. The first-order chi connectivity index (χ1) is 10.4. The van der Waals surface area contributed by atoms with Gasteiger partial charge in [-0.3, -0.25) is 9.97 Å². The zero-order chi connectivity index (χ0) is 14.1. The highest BCUT2D eigenvalue weighted by Gasteiger charge is 2.20. The van der Waals surface area contributed by atoms with Gasteiger partial charge in [0.25, 0.3) is 0 Å². The predicted molar refractivity (Wildman–Crippen MR) is 77.6 cm³/mol. The lowest BCUT2D eigenvalue weighted by atomic mass is 10.2. The van der Waals surface area contributed by atoms with Gasteiger partial charge in [0, 0.05) is 31.4 Å². The Hall–Kier alpha value is -2.34. The Balaban J connectivity index is 1.58. The van der Waals surface area contributed by atoms with Crippen molar-refractivity contribution in [3.8, 4) is 11.5 Å². The summed E-state index contributed by atoms with van der Waals surface area (Å²) in [5.41, 5.74) is 2.44. The molecule has 1 aliphatic rings. The molecule has 1 aromatic carbocycles. The molecule has 0 amide bonds. The van der Waals surface area contributed by atoms with E-state index in [1.807, 2.05) is 18.2 Å². The average molecular weight is 281 g/mol. The summed E-state index contributed by atoms with van der Waals surface area (Å²) in [6, 6.07) is 6.46. The van der Waals surface area contributed by atoms with Gasteiger partial charge in [0.1, 0.15) is 5.52 Å². The van der Waals surface area contributed by atoms with Crippen molar-refractivity contribution in [2.45, 2.75) is 25.3 Å². The van der Waals surface area contributed by atoms with Crippen molar-refractivity contribution in [1.29, 1.82) is 0 Å². The molecule has 0 saturated heterocycles. The predicted octanol–water partition coefficient (Wildman–Crippen LogP) is 1.97. The lowest BCUT2D eigenvalue weighted by Gasteiger charge is -2.00. The molecule has 1 fully saturated rings. The average Bonchev–Trinajstić information content (AvgIpc) is 3.23. The molecule has 2 heterocycles. The van der Waals surface area contributed by atoms with E-state index in [9.17, 15) is 0 Å².